The molecule has 2 aromatic carbocycles. The molecule has 2 bridgehead atoms. The molecule has 2 aliphatic heterocycles. The van der Waals surface area contributed by atoms with E-state index in [0.29, 0.717) is 17.9 Å². The predicted octanol–water partition coefficient (Wildman–Crippen LogP) is 5.55. The molecule has 2 saturated heterocycles. The third-order valence-electron chi connectivity index (χ3n) is 6.52. The predicted molar refractivity (Wildman–Crippen MR) is 109 cm³/mol. The van der Waals surface area contributed by atoms with Crippen molar-refractivity contribution >= 4 is 22.1 Å². The molecule has 26 heavy (non-hydrogen) atoms. The Morgan fingerprint density at radius 2 is 1.92 bits per heavy atom. The molecule has 2 unspecified atom stereocenters. The quantitative estimate of drug-likeness (QED) is 0.603. The first kappa shape index (κ1) is 16.3. The van der Waals surface area contributed by atoms with Gasteiger partial charge < -0.3 is 9.64 Å². The summed E-state index contributed by atoms with van der Waals surface area (Å²) < 4.78 is 6.46. The average molecular weight is 364 g/mol. The van der Waals surface area contributed by atoms with Crippen LogP contribution in [0.15, 0.2) is 60.0 Å². The van der Waals surface area contributed by atoms with E-state index in [4.69, 9.17) is 4.74 Å². The number of nitrogens with zero attached hydrogens (tertiary/aromatic N) is 1. The zero-order valence-electron chi connectivity index (χ0n) is 15.2. The van der Waals surface area contributed by atoms with Crippen LogP contribution in [0.25, 0.3) is 10.8 Å². The maximum absolute atomic E-state index is 6.46. The number of hydrogen-bond donors (Lipinski definition) is 0. The first-order chi connectivity index (χ1) is 12.8. The lowest BCUT2D eigenvalue weighted by atomic mass is 9.79. The molecule has 5 rings (SSSR count). The van der Waals surface area contributed by atoms with E-state index in [1.807, 2.05) is 11.3 Å². The summed E-state index contributed by atoms with van der Waals surface area (Å²) in [7, 11) is 2.32. The van der Waals surface area contributed by atoms with Crippen LogP contribution < -0.4 is 4.74 Å². The van der Waals surface area contributed by atoms with E-state index in [2.05, 4.69) is 71.9 Å². The fraction of sp³-hybridized carbons (Fsp3) is 0.391. The molecule has 2 fully saturated rings. The first-order valence-electron chi connectivity index (χ1n) is 9.67. The molecule has 0 N–H and O–H groups in total. The van der Waals surface area contributed by atoms with E-state index in [1.54, 1.807) is 4.88 Å². The molecule has 3 heterocycles. The van der Waals surface area contributed by atoms with Crippen LogP contribution in [-0.4, -0.2) is 30.6 Å². The summed E-state index contributed by atoms with van der Waals surface area (Å²) >= 11 is 1.92. The summed E-state index contributed by atoms with van der Waals surface area (Å²) in [6.07, 6.45) is 3.93. The summed E-state index contributed by atoms with van der Waals surface area (Å²) in [4.78, 5) is 4.17. The molecule has 2 nitrogen and oxygen atoms in total. The second-order valence-corrected chi connectivity index (χ2v) is 8.75. The van der Waals surface area contributed by atoms with Gasteiger partial charge in [0.25, 0.3) is 0 Å². The lowest BCUT2D eigenvalue weighted by Gasteiger charge is -2.42. The highest BCUT2D eigenvalue weighted by Gasteiger charge is 2.46. The molecule has 0 saturated carbocycles. The van der Waals surface area contributed by atoms with Crippen LogP contribution in [0.1, 0.15) is 30.1 Å². The Balaban J connectivity index is 1.43. The van der Waals surface area contributed by atoms with Gasteiger partial charge in [-0.05, 0) is 49.2 Å². The largest absolute Gasteiger partial charge is 0.493 e. The van der Waals surface area contributed by atoms with Gasteiger partial charge in [0.05, 0.1) is 6.61 Å². The Bertz CT molecular complexity index is 885. The van der Waals surface area contributed by atoms with Crippen LogP contribution in [-0.2, 0) is 0 Å². The second kappa shape index (κ2) is 6.71. The second-order valence-electron chi connectivity index (χ2n) is 7.77. The van der Waals surface area contributed by atoms with Gasteiger partial charge in [0, 0.05) is 34.2 Å². The molecule has 0 aliphatic carbocycles. The molecule has 0 radical (unpaired) electrons. The van der Waals surface area contributed by atoms with Gasteiger partial charge in [0.1, 0.15) is 5.75 Å². The monoisotopic (exact) mass is 363 g/mol. The lowest BCUT2D eigenvalue weighted by molar-refractivity contribution is 0.0681. The van der Waals surface area contributed by atoms with Crippen molar-refractivity contribution in [2.24, 2.45) is 5.92 Å². The van der Waals surface area contributed by atoms with Crippen LogP contribution in [0.3, 0.4) is 0 Å². The van der Waals surface area contributed by atoms with Gasteiger partial charge in [-0.2, -0.15) is 0 Å². The van der Waals surface area contributed by atoms with Crippen molar-refractivity contribution < 1.29 is 4.74 Å². The SMILES string of the molecule is CN1C2CCC1[C@H](COc1cccc3ccccc13)[C@@H](c1cccs1)C2. The number of thiophene rings is 1. The number of rotatable bonds is 4. The highest BCUT2D eigenvalue weighted by atomic mass is 32.1. The highest BCUT2D eigenvalue weighted by molar-refractivity contribution is 7.10. The van der Waals surface area contributed by atoms with E-state index < -0.39 is 0 Å². The number of piperidine rings is 1. The molecule has 2 aliphatic rings. The van der Waals surface area contributed by atoms with E-state index >= 15 is 0 Å². The maximum Gasteiger partial charge on any atom is 0.127 e. The van der Waals surface area contributed by atoms with Crippen molar-refractivity contribution in [1.29, 1.82) is 0 Å². The number of fused-ring (bicyclic) bond motifs is 3. The van der Waals surface area contributed by atoms with Crippen LogP contribution in [0, 0.1) is 5.92 Å². The van der Waals surface area contributed by atoms with Gasteiger partial charge >= 0.3 is 0 Å². The van der Waals surface area contributed by atoms with E-state index in [0.717, 1.165) is 18.4 Å². The van der Waals surface area contributed by atoms with Crippen LogP contribution in [0.2, 0.25) is 0 Å². The Morgan fingerprint density at radius 1 is 1.04 bits per heavy atom. The third-order valence-corrected chi connectivity index (χ3v) is 7.53. The van der Waals surface area contributed by atoms with Gasteiger partial charge in [-0.3, -0.25) is 0 Å². The summed E-state index contributed by atoms with van der Waals surface area (Å²) in [6, 6.07) is 20.8. The standard InChI is InChI=1S/C23H25NOS/c1-24-17-11-12-21(24)20(19(14-17)23-10-5-13-26-23)15-25-22-9-4-7-16-6-2-3-8-18(16)22/h2-10,13,17,19-21H,11-12,14-15H2,1H3/t17?,19-,20+,21?/m0/s1. The molecular weight excluding hydrogens is 338 g/mol. The molecule has 134 valence electrons. The Labute approximate surface area is 159 Å². The highest BCUT2D eigenvalue weighted by Crippen LogP contribution is 2.47. The summed E-state index contributed by atoms with van der Waals surface area (Å²) in [5.74, 6) is 2.23. The number of benzene rings is 2. The topological polar surface area (TPSA) is 12.5 Å². The number of hydrogen-bond acceptors (Lipinski definition) is 3. The van der Waals surface area contributed by atoms with Crippen molar-refractivity contribution in [3.63, 3.8) is 0 Å². The lowest BCUT2D eigenvalue weighted by Crippen LogP contribution is -2.47. The minimum Gasteiger partial charge on any atom is -0.493 e. The molecule has 3 aromatic rings. The summed E-state index contributed by atoms with van der Waals surface area (Å²) in [5.41, 5.74) is 0. The zero-order chi connectivity index (χ0) is 17.5. The van der Waals surface area contributed by atoms with Crippen molar-refractivity contribution in [2.45, 2.75) is 37.3 Å². The fourth-order valence-corrected chi connectivity index (χ4v) is 6.06. The fourth-order valence-electron chi connectivity index (χ4n) is 5.14. The maximum atomic E-state index is 6.46. The van der Waals surface area contributed by atoms with Crippen molar-refractivity contribution in [3.05, 3.63) is 64.9 Å². The minimum atomic E-state index is 0.566. The summed E-state index contributed by atoms with van der Waals surface area (Å²) in [6.45, 7) is 0.804. The van der Waals surface area contributed by atoms with E-state index in [9.17, 15) is 0 Å². The molecule has 1 aromatic heterocycles. The third kappa shape index (κ3) is 2.74. The van der Waals surface area contributed by atoms with Crippen molar-refractivity contribution in [2.75, 3.05) is 13.7 Å². The van der Waals surface area contributed by atoms with E-state index in [-0.39, 0.29) is 0 Å². The molecule has 0 amide bonds. The number of ether oxygens (including phenoxy) is 1. The summed E-state index contributed by atoms with van der Waals surface area (Å²) in [5, 5.41) is 4.69. The van der Waals surface area contributed by atoms with Crippen LogP contribution >= 0.6 is 11.3 Å². The van der Waals surface area contributed by atoms with Crippen molar-refractivity contribution in [1.82, 2.24) is 4.90 Å². The molecule has 4 atom stereocenters. The van der Waals surface area contributed by atoms with Gasteiger partial charge in [0.15, 0.2) is 0 Å². The van der Waals surface area contributed by atoms with Gasteiger partial charge in [-0.1, -0.05) is 42.5 Å². The Kier molecular flexibility index (Phi) is 4.22. The minimum absolute atomic E-state index is 0.566. The molecule has 3 heteroatoms. The molecular formula is C23H25NOS. The van der Waals surface area contributed by atoms with Crippen LogP contribution in [0.4, 0.5) is 0 Å². The molecule has 0 spiro atoms. The zero-order valence-corrected chi connectivity index (χ0v) is 16.0. The van der Waals surface area contributed by atoms with Crippen LogP contribution in [0.5, 0.6) is 5.75 Å². The van der Waals surface area contributed by atoms with Gasteiger partial charge in [0.2, 0.25) is 0 Å². The average Bonchev–Trinajstić information content (AvgIpc) is 3.28. The van der Waals surface area contributed by atoms with Gasteiger partial charge in [-0.15, -0.1) is 11.3 Å². The smallest absolute Gasteiger partial charge is 0.127 e. The normalized spacial score (nSPS) is 28.5. The van der Waals surface area contributed by atoms with E-state index in [1.165, 1.54) is 30.0 Å². The van der Waals surface area contributed by atoms with Crippen molar-refractivity contribution in [3.8, 4) is 5.75 Å². The first-order valence-corrected chi connectivity index (χ1v) is 10.5. The Morgan fingerprint density at radius 3 is 2.81 bits per heavy atom. The Hall–Kier alpha value is -1.84. The van der Waals surface area contributed by atoms with Gasteiger partial charge in [-0.25, -0.2) is 0 Å².